The van der Waals surface area contributed by atoms with Gasteiger partial charge in [0.2, 0.25) is 0 Å². The molecule has 3 fully saturated rings. The van der Waals surface area contributed by atoms with Crippen LogP contribution in [0.2, 0.25) is 0 Å². The summed E-state index contributed by atoms with van der Waals surface area (Å²) in [6.45, 7) is 6.13. The SMILES string of the molecule is O=C(c1ccc(OCCCN2CCCCC2)cc1)N1CC2CC1CN2. The zero-order chi connectivity index (χ0) is 17.1. The smallest absolute Gasteiger partial charge is 0.254 e. The number of rotatable bonds is 6. The topological polar surface area (TPSA) is 44.8 Å². The molecule has 3 aliphatic rings. The van der Waals surface area contributed by atoms with Gasteiger partial charge in [-0.1, -0.05) is 6.42 Å². The monoisotopic (exact) mass is 343 g/mol. The molecule has 2 unspecified atom stereocenters. The highest BCUT2D eigenvalue weighted by Gasteiger charge is 2.40. The summed E-state index contributed by atoms with van der Waals surface area (Å²) in [5.41, 5.74) is 0.771. The zero-order valence-corrected chi connectivity index (χ0v) is 15.0. The number of nitrogens with zero attached hydrogens (tertiary/aromatic N) is 2. The van der Waals surface area contributed by atoms with Gasteiger partial charge in [-0.15, -0.1) is 0 Å². The maximum atomic E-state index is 12.6. The van der Waals surface area contributed by atoms with Crippen LogP contribution >= 0.6 is 0 Å². The van der Waals surface area contributed by atoms with Gasteiger partial charge in [0.15, 0.2) is 0 Å². The van der Waals surface area contributed by atoms with Crippen LogP contribution < -0.4 is 10.1 Å². The zero-order valence-electron chi connectivity index (χ0n) is 15.0. The van der Waals surface area contributed by atoms with E-state index in [1.165, 1.54) is 32.4 Å². The van der Waals surface area contributed by atoms with Gasteiger partial charge in [0.1, 0.15) is 5.75 Å². The summed E-state index contributed by atoms with van der Waals surface area (Å²) in [7, 11) is 0. The van der Waals surface area contributed by atoms with Gasteiger partial charge in [0.25, 0.3) is 5.91 Å². The number of fused-ring (bicyclic) bond motifs is 2. The van der Waals surface area contributed by atoms with Crippen molar-refractivity contribution in [2.24, 2.45) is 0 Å². The van der Waals surface area contributed by atoms with Crippen LogP contribution in [-0.2, 0) is 0 Å². The van der Waals surface area contributed by atoms with Crippen LogP contribution in [0.25, 0.3) is 0 Å². The summed E-state index contributed by atoms with van der Waals surface area (Å²) in [5, 5.41) is 3.44. The van der Waals surface area contributed by atoms with Crippen LogP contribution in [0.4, 0.5) is 0 Å². The van der Waals surface area contributed by atoms with Gasteiger partial charge in [-0.05, 0) is 63.0 Å². The Kier molecular flexibility index (Phi) is 5.22. The van der Waals surface area contributed by atoms with E-state index in [-0.39, 0.29) is 5.91 Å². The van der Waals surface area contributed by atoms with E-state index in [2.05, 4.69) is 10.2 Å². The molecule has 3 saturated heterocycles. The van der Waals surface area contributed by atoms with Gasteiger partial charge < -0.3 is 19.9 Å². The van der Waals surface area contributed by atoms with E-state index in [9.17, 15) is 4.79 Å². The van der Waals surface area contributed by atoms with Crippen molar-refractivity contribution in [3.63, 3.8) is 0 Å². The Morgan fingerprint density at radius 3 is 2.64 bits per heavy atom. The third-order valence-electron chi connectivity index (χ3n) is 5.75. The lowest BCUT2D eigenvalue weighted by Crippen LogP contribution is -2.46. The van der Waals surface area contributed by atoms with Crippen LogP contribution in [0.5, 0.6) is 5.75 Å². The number of ether oxygens (including phenoxy) is 1. The van der Waals surface area contributed by atoms with E-state index >= 15 is 0 Å². The Balaban J connectivity index is 1.22. The number of benzene rings is 1. The summed E-state index contributed by atoms with van der Waals surface area (Å²) in [5.74, 6) is 1.02. The highest BCUT2D eigenvalue weighted by atomic mass is 16.5. The van der Waals surface area contributed by atoms with Crippen LogP contribution in [0.3, 0.4) is 0 Å². The molecular formula is C20H29N3O2. The predicted molar refractivity (Wildman–Crippen MR) is 98.1 cm³/mol. The fourth-order valence-electron chi connectivity index (χ4n) is 4.33. The molecule has 3 aliphatic heterocycles. The largest absolute Gasteiger partial charge is 0.494 e. The van der Waals surface area contributed by atoms with Crippen molar-refractivity contribution >= 4 is 5.91 Å². The third-order valence-corrected chi connectivity index (χ3v) is 5.75. The van der Waals surface area contributed by atoms with Crippen molar-refractivity contribution in [3.8, 4) is 5.75 Å². The summed E-state index contributed by atoms with van der Waals surface area (Å²) in [4.78, 5) is 17.2. The fourth-order valence-corrected chi connectivity index (χ4v) is 4.33. The summed E-state index contributed by atoms with van der Waals surface area (Å²) < 4.78 is 5.85. The molecule has 1 aromatic rings. The number of nitrogens with one attached hydrogen (secondary N) is 1. The molecule has 0 aliphatic carbocycles. The van der Waals surface area contributed by atoms with Gasteiger partial charge >= 0.3 is 0 Å². The van der Waals surface area contributed by atoms with Crippen molar-refractivity contribution in [3.05, 3.63) is 29.8 Å². The first-order chi connectivity index (χ1) is 12.3. The van der Waals surface area contributed by atoms with Gasteiger partial charge in [0, 0.05) is 37.3 Å². The molecule has 0 radical (unpaired) electrons. The van der Waals surface area contributed by atoms with Crippen LogP contribution in [0.15, 0.2) is 24.3 Å². The highest BCUT2D eigenvalue weighted by Crippen LogP contribution is 2.25. The van der Waals surface area contributed by atoms with Crippen LogP contribution in [0.1, 0.15) is 42.5 Å². The number of piperidine rings is 1. The molecule has 136 valence electrons. The van der Waals surface area contributed by atoms with E-state index in [1.807, 2.05) is 29.2 Å². The molecule has 1 amide bonds. The molecule has 0 aromatic heterocycles. The quantitative estimate of drug-likeness (QED) is 0.804. The van der Waals surface area contributed by atoms with E-state index in [0.717, 1.165) is 50.4 Å². The number of carbonyl (C=O) groups excluding carboxylic acids is 1. The number of hydrogen-bond donors (Lipinski definition) is 1. The van der Waals surface area contributed by atoms with Gasteiger partial charge in [-0.3, -0.25) is 4.79 Å². The van der Waals surface area contributed by atoms with Crippen LogP contribution in [-0.4, -0.2) is 67.1 Å². The average molecular weight is 343 g/mol. The number of amides is 1. The van der Waals surface area contributed by atoms with Crippen molar-refractivity contribution in [1.29, 1.82) is 0 Å². The van der Waals surface area contributed by atoms with Crippen LogP contribution in [0, 0.1) is 0 Å². The van der Waals surface area contributed by atoms with Gasteiger partial charge in [-0.25, -0.2) is 0 Å². The lowest BCUT2D eigenvalue weighted by atomic mass is 10.1. The standard InChI is InChI=1S/C20H29N3O2/c24-20(23-15-17-13-18(23)14-21-17)16-5-7-19(8-6-16)25-12-4-11-22-9-2-1-3-10-22/h5-8,17-18,21H,1-4,9-15H2. The molecule has 5 nitrogen and oxygen atoms in total. The Hall–Kier alpha value is -1.59. The minimum Gasteiger partial charge on any atom is -0.494 e. The van der Waals surface area contributed by atoms with E-state index < -0.39 is 0 Å². The Morgan fingerprint density at radius 1 is 1.16 bits per heavy atom. The van der Waals surface area contributed by atoms with E-state index in [4.69, 9.17) is 4.74 Å². The summed E-state index contributed by atoms with van der Waals surface area (Å²) >= 11 is 0. The molecule has 1 N–H and O–H groups in total. The molecule has 2 bridgehead atoms. The molecular weight excluding hydrogens is 314 g/mol. The summed E-state index contributed by atoms with van der Waals surface area (Å²) in [6, 6.07) is 8.55. The minimum atomic E-state index is 0.158. The first kappa shape index (κ1) is 16.9. The number of hydrogen-bond acceptors (Lipinski definition) is 4. The summed E-state index contributed by atoms with van der Waals surface area (Å²) in [6.07, 6.45) is 6.22. The Morgan fingerprint density at radius 2 is 1.96 bits per heavy atom. The Bertz CT molecular complexity index is 583. The molecule has 0 saturated carbocycles. The average Bonchev–Trinajstić information content (AvgIpc) is 3.29. The normalized spacial score (nSPS) is 26.2. The first-order valence-electron chi connectivity index (χ1n) is 9.79. The van der Waals surface area contributed by atoms with Crippen molar-refractivity contribution in [2.45, 2.75) is 44.2 Å². The van der Waals surface area contributed by atoms with Crippen molar-refractivity contribution < 1.29 is 9.53 Å². The third kappa shape index (κ3) is 3.98. The first-order valence-corrected chi connectivity index (χ1v) is 9.79. The Labute approximate surface area is 150 Å². The van der Waals surface area contributed by atoms with Gasteiger partial charge in [-0.2, -0.15) is 0 Å². The second-order valence-corrected chi connectivity index (χ2v) is 7.58. The predicted octanol–water partition coefficient (Wildman–Crippen LogP) is 2.13. The maximum absolute atomic E-state index is 12.6. The lowest BCUT2D eigenvalue weighted by Gasteiger charge is -2.27. The minimum absolute atomic E-state index is 0.158. The molecule has 3 heterocycles. The molecule has 4 rings (SSSR count). The molecule has 2 atom stereocenters. The van der Waals surface area contributed by atoms with E-state index in [1.54, 1.807) is 0 Å². The fraction of sp³-hybridized carbons (Fsp3) is 0.650. The number of carbonyl (C=O) groups is 1. The second-order valence-electron chi connectivity index (χ2n) is 7.58. The molecule has 5 heteroatoms. The lowest BCUT2D eigenvalue weighted by molar-refractivity contribution is 0.0716. The number of likely N-dealkylation sites (tertiary alicyclic amines) is 2. The number of piperazine rings is 1. The van der Waals surface area contributed by atoms with Crippen molar-refractivity contribution in [1.82, 2.24) is 15.1 Å². The highest BCUT2D eigenvalue weighted by molar-refractivity contribution is 5.94. The molecule has 0 spiro atoms. The van der Waals surface area contributed by atoms with Gasteiger partial charge in [0.05, 0.1) is 6.61 Å². The second kappa shape index (κ2) is 7.75. The molecule has 1 aromatic carbocycles. The van der Waals surface area contributed by atoms with E-state index in [0.29, 0.717) is 12.1 Å². The van der Waals surface area contributed by atoms with Crippen molar-refractivity contribution in [2.75, 3.05) is 39.3 Å². The molecule has 25 heavy (non-hydrogen) atoms. The maximum Gasteiger partial charge on any atom is 0.254 e.